The van der Waals surface area contributed by atoms with Crippen LogP contribution in [0.25, 0.3) is 0 Å². The van der Waals surface area contributed by atoms with Gasteiger partial charge >= 0.3 is 0 Å². The Morgan fingerprint density at radius 2 is 2.43 bits per heavy atom. The molecule has 2 fully saturated rings. The quantitative estimate of drug-likeness (QED) is 0.870. The zero-order valence-electron chi connectivity index (χ0n) is 12.1. The van der Waals surface area contributed by atoms with E-state index in [1.165, 1.54) is 18.4 Å². The molecular weight excluding hydrogens is 266 g/mol. The summed E-state index contributed by atoms with van der Waals surface area (Å²) in [5, 5.41) is 0. The van der Waals surface area contributed by atoms with Gasteiger partial charge in [-0.15, -0.1) is 0 Å². The van der Waals surface area contributed by atoms with Crippen molar-refractivity contribution < 1.29 is 9.15 Å². The second kappa shape index (κ2) is 5.31. The van der Waals surface area contributed by atoms with Crippen LogP contribution < -0.4 is 0 Å². The predicted molar refractivity (Wildman–Crippen MR) is 77.8 cm³/mol. The maximum absolute atomic E-state index is 6.25. The van der Waals surface area contributed by atoms with Gasteiger partial charge in [-0.25, -0.2) is 4.98 Å². The summed E-state index contributed by atoms with van der Waals surface area (Å²) in [6.07, 6.45) is 12.8. The fourth-order valence-electron chi connectivity index (χ4n) is 3.75. The number of hydrogen-bond acceptors (Lipinski definition) is 4. The van der Waals surface area contributed by atoms with Gasteiger partial charge in [-0.05, 0) is 25.5 Å². The molecule has 0 bridgehead atoms. The van der Waals surface area contributed by atoms with Crippen molar-refractivity contribution in [1.29, 1.82) is 0 Å². The summed E-state index contributed by atoms with van der Waals surface area (Å²) < 4.78 is 13.6. The number of likely N-dealkylation sites (tertiary alicyclic amines) is 1. The molecule has 2 aromatic rings. The van der Waals surface area contributed by atoms with E-state index in [-0.39, 0.29) is 5.60 Å². The molecule has 5 heteroatoms. The zero-order valence-corrected chi connectivity index (χ0v) is 12.1. The van der Waals surface area contributed by atoms with Crippen LogP contribution in [0.1, 0.15) is 30.9 Å². The van der Waals surface area contributed by atoms with Crippen LogP contribution in [0, 0.1) is 0 Å². The molecule has 4 heterocycles. The van der Waals surface area contributed by atoms with Gasteiger partial charge in [0, 0.05) is 37.5 Å². The maximum atomic E-state index is 6.25. The van der Waals surface area contributed by atoms with Gasteiger partial charge in [-0.1, -0.05) is 0 Å². The molecule has 0 N–H and O–H groups in total. The molecule has 2 saturated heterocycles. The van der Waals surface area contributed by atoms with Crippen LogP contribution in [0.15, 0.2) is 41.7 Å². The average Bonchev–Trinajstić information content (AvgIpc) is 3.20. The SMILES string of the molecule is c1cn([C@H]2CO[C@@]3(CCCN(Cc4ccoc4)C3)C2)cn1. The molecule has 2 atom stereocenters. The number of nitrogens with zero attached hydrogens (tertiary/aromatic N) is 3. The third kappa shape index (κ3) is 2.63. The number of hydrogen-bond donors (Lipinski definition) is 0. The van der Waals surface area contributed by atoms with E-state index >= 15 is 0 Å². The minimum atomic E-state index is 0.0247. The van der Waals surface area contributed by atoms with Crippen LogP contribution in [0.3, 0.4) is 0 Å². The summed E-state index contributed by atoms with van der Waals surface area (Å²) >= 11 is 0. The van der Waals surface area contributed by atoms with Crippen molar-refractivity contribution in [2.75, 3.05) is 19.7 Å². The van der Waals surface area contributed by atoms with E-state index in [2.05, 4.69) is 14.5 Å². The Bertz CT molecular complexity index is 566. The van der Waals surface area contributed by atoms with Crippen molar-refractivity contribution in [2.45, 2.75) is 37.5 Å². The summed E-state index contributed by atoms with van der Waals surface area (Å²) in [4.78, 5) is 6.64. The lowest BCUT2D eigenvalue weighted by atomic mass is 9.88. The van der Waals surface area contributed by atoms with Gasteiger partial charge in [0.15, 0.2) is 0 Å². The average molecular weight is 287 g/mol. The van der Waals surface area contributed by atoms with Gasteiger partial charge in [0.2, 0.25) is 0 Å². The van der Waals surface area contributed by atoms with Gasteiger partial charge in [0.25, 0.3) is 0 Å². The molecule has 4 rings (SSSR count). The molecule has 0 amide bonds. The molecule has 2 aromatic heterocycles. The van der Waals surface area contributed by atoms with E-state index in [4.69, 9.17) is 9.15 Å². The molecule has 5 nitrogen and oxygen atoms in total. The highest BCUT2D eigenvalue weighted by molar-refractivity contribution is 5.06. The molecule has 0 aromatic carbocycles. The fraction of sp³-hybridized carbons (Fsp3) is 0.562. The molecule has 0 saturated carbocycles. The van der Waals surface area contributed by atoms with Crippen LogP contribution in [-0.4, -0.2) is 39.7 Å². The Kier molecular flexibility index (Phi) is 3.31. The first-order valence-corrected chi connectivity index (χ1v) is 7.68. The lowest BCUT2D eigenvalue weighted by Gasteiger charge is -2.39. The third-order valence-corrected chi connectivity index (χ3v) is 4.74. The Morgan fingerprint density at radius 1 is 1.43 bits per heavy atom. The minimum Gasteiger partial charge on any atom is -0.472 e. The number of imidazole rings is 1. The predicted octanol–water partition coefficient (Wildman–Crippen LogP) is 2.47. The second-order valence-electron chi connectivity index (χ2n) is 6.31. The van der Waals surface area contributed by atoms with Crippen molar-refractivity contribution >= 4 is 0 Å². The highest BCUT2D eigenvalue weighted by Gasteiger charge is 2.43. The Morgan fingerprint density at radius 3 is 3.24 bits per heavy atom. The second-order valence-corrected chi connectivity index (χ2v) is 6.31. The molecule has 2 aliphatic heterocycles. The van der Waals surface area contributed by atoms with E-state index in [9.17, 15) is 0 Å². The Labute approximate surface area is 124 Å². The summed E-state index contributed by atoms with van der Waals surface area (Å²) in [5.41, 5.74) is 1.27. The normalized spacial score (nSPS) is 30.2. The van der Waals surface area contributed by atoms with Gasteiger partial charge < -0.3 is 13.7 Å². The van der Waals surface area contributed by atoms with Crippen molar-refractivity contribution in [2.24, 2.45) is 0 Å². The number of piperidine rings is 1. The van der Waals surface area contributed by atoms with Crippen LogP contribution in [0.5, 0.6) is 0 Å². The molecule has 1 spiro atoms. The minimum absolute atomic E-state index is 0.0247. The first kappa shape index (κ1) is 13.1. The Hall–Kier alpha value is -1.59. The lowest BCUT2D eigenvalue weighted by molar-refractivity contribution is -0.0535. The van der Waals surface area contributed by atoms with E-state index < -0.39 is 0 Å². The third-order valence-electron chi connectivity index (χ3n) is 4.74. The molecule has 21 heavy (non-hydrogen) atoms. The van der Waals surface area contributed by atoms with E-state index in [0.29, 0.717) is 6.04 Å². The largest absolute Gasteiger partial charge is 0.472 e. The highest BCUT2D eigenvalue weighted by atomic mass is 16.5. The van der Waals surface area contributed by atoms with Crippen LogP contribution in [-0.2, 0) is 11.3 Å². The van der Waals surface area contributed by atoms with Crippen LogP contribution in [0.2, 0.25) is 0 Å². The first-order valence-electron chi connectivity index (χ1n) is 7.68. The number of ether oxygens (including phenoxy) is 1. The fourth-order valence-corrected chi connectivity index (χ4v) is 3.75. The maximum Gasteiger partial charge on any atom is 0.0949 e. The summed E-state index contributed by atoms with van der Waals surface area (Å²) in [5.74, 6) is 0. The molecule has 0 radical (unpaired) electrons. The molecular formula is C16H21N3O2. The van der Waals surface area contributed by atoms with Crippen molar-refractivity contribution in [3.8, 4) is 0 Å². The van der Waals surface area contributed by atoms with E-state index in [1.54, 1.807) is 6.26 Å². The van der Waals surface area contributed by atoms with Crippen LogP contribution in [0.4, 0.5) is 0 Å². The lowest BCUT2D eigenvalue weighted by Crippen LogP contribution is -2.47. The zero-order chi connectivity index (χ0) is 14.1. The standard InChI is InChI=1S/C16H21N3O2/c1-3-16(8-15(11-21-16)19-6-4-17-13-19)12-18(5-1)9-14-2-7-20-10-14/h2,4,6-7,10,13,15H,1,3,5,8-9,11-12H2/t15-,16+/m1/s1. The van der Waals surface area contributed by atoms with Gasteiger partial charge in [-0.2, -0.15) is 0 Å². The summed E-state index contributed by atoms with van der Waals surface area (Å²) in [6, 6.07) is 2.48. The molecule has 2 aliphatic rings. The monoisotopic (exact) mass is 287 g/mol. The summed E-state index contributed by atoms with van der Waals surface area (Å²) in [6.45, 7) is 3.92. The highest BCUT2D eigenvalue weighted by Crippen LogP contribution is 2.39. The van der Waals surface area contributed by atoms with E-state index in [1.807, 2.05) is 31.1 Å². The smallest absolute Gasteiger partial charge is 0.0949 e. The number of rotatable bonds is 3. The first-order chi connectivity index (χ1) is 10.3. The van der Waals surface area contributed by atoms with Crippen molar-refractivity contribution in [3.63, 3.8) is 0 Å². The van der Waals surface area contributed by atoms with E-state index in [0.717, 1.165) is 32.7 Å². The topological polar surface area (TPSA) is 43.4 Å². The summed E-state index contributed by atoms with van der Waals surface area (Å²) in [7, 11) is 0. The van der Waals surface area contributed by atoms with Gasteiger partial charge in [0.05, 0.1) is 37.1 Å². The van der Waals surface area contributed by atoms with Gasteiger partial charge in [-0.3, -0.25) is 4.90 Å². The van der Waals surface area contributed by atoms with Crippen molar-refractivity contribution in [1.82, 2.24) is 14.5 Å². The molecule has 0 unspecified atom stereocenters. The number of aromatic nitrogens is 2. The molecule has 112 valence electrons. The van der Waals surface area contributed by atoms with Gasteiger partial charge in [0.1, 0.15) is 0 Å². The van der Waals surface area contributed by atoms with Crippen LogP contribution >= 0.6 is 0 Å². The molecule has 0 aliphatic carbocycles. The Balaban J connectivity index is 1.43. The number of furan rings is 1. The van der Waals surface area contributed by atoms with Crippen molar-refractivity contribution in [3.05, 3.63) is 42.9 Å².